The molecule has 0 aliphatic heterocycles. The Morgan fingerprint density at radius 3 is 2.60 bits per heavy atom. The molecule has 6 nitrogen and oxygen atoms in total. The molecule has 0 aliphatic carbocycles. The zero-order chi connectivity index (χ0) is 21.5. The van der Waals surface area contributed by atoms with Crippen LogP contribution in [0.15, 0.2) is 42.7 Å². The predicted octanol–water partition coefficient (Wildman–Crippen LogP) is 4.56. The number of aryl methyl sites for hydroxylation is 1. The van der Waals surface area contributed by atoms with Gasteiger partial charge in [0.1, 0.15) is 11.5 Å². The largest absolute Gasteiger partial charge is 0.493 e. The van der Waals surface area contributed by atoms with Crippen molar-refractivity contribution in [2.45, 2.75) is 40.3 Å². The van der Waals surface area contributed by atoms with E-state index in [1.54, 1.807) is 19.5 Å². The summed E-state index contributed by atoms with van der Waals surface area (Å²) in [6.07, 6.45) is 4.35. The van der Waals surface area contributed by atoms with Crippen molar-refractivity contribution in [1.82, 2.24) is 15.3 Å². The highest BCUT2D eigenvalue weighted by atomic mass is 32.1. The van der Waals surface area contributed by atoms with Crippen LogP contribution in [0.1, 0.15) is 45.3 Å². The van der Waals surface area contributed by atoms with E-state index in [4.69, 9.17) is 9.47 Å². The fraction of sp³-hybridized carbons (Fsp3) is 0.348. The summed E-state index contributed by atoms with van der Waals surface area (Å²) >= 11 is 1.47. The lowest BCUT2D eigenvalue weighted by molar-refractivity contribution is 0.0954. The molecule has 7 heteroatoms. The maximum absolute atomic E-state index is 12.6. The maximum Gasteiger partial charge on any atom is 0.263 e. The number of carbonyl (C=O) groups excluding carboxylic acids is 1. The molecule has 0 radical (unpaired) electrons. The number of hydrogen-bond donors (Lipinski definition) is 1. The number of nitrogens with one attached hydrogen (secondary N) is 1. The Labute approximate surface area is 181 Å². The SMILES string of the molecule is COc1cc(CNC(=O)c2sc(CC(C)C)nc2C)ccc1OCc1ccncc1. The van der Waals surface area contributed by atoms with Gasteiger partial charge in [-0.2, -0.15) is 0 Å². The molecule has 1 aromatic carbocycles. The van der Waals surface area contributed by atoms with Crippen molar-refractivity contribution in [1.29, 1.82) is 0 Å². The molecular weight excluding hydrogens is 398 g/mol. The van der Waals surface area contributed by atoms with Crippen LogP contribution in [0.3, 0.4) is 0 Å². The minimum absolute atomic E-state index is 0.100. The molecule has 1 amide bonds. The van der Waals surface area contributed by atoms with Crippen LogP contribution in [-0.4, -0.2) is 23.0 Å². The van der Waals surface area contributed by atoms with Gasteiger partial charge in [0.15, 0.2) is 11.5 Å². The van der Waals surface area contributed by atoms with E-state index in [2.05, 4.69) is 29.1 Å². The number of ether oxygens (including phenoxy) is 2. The first-order chi connectivity index (χ1) is 14.5. The molecule has 0 saturated heterocycles. The molecule has 158 valence electrons. The van der Waals surface area contributed by atoms with Gasteiger partial charge in [-0.3, -0.25) is 9.78 Å². The highest BCUT2D eigenvalue weighted by Gasteiger charge is 2.16. The number of nitrogens with zero attached hydrogens (tertiary/aromatic N) is 2. The number of thiazole rings is 1. The van der Waals surface area contributed by atoms with Crippen molar-refractivity contribution in [2.75, 3.05) is 7.11 Å². The lowest BCUT2D eigenvalue weighted by Gasteiger charge is -2.12. The second kappa shape index (κ2) is 10.2. The number of benzene rings is 1. The molecule has 3 rings (SSSR count). The normalized spacial score (nSPS) is 10.8. The van der Waals surface area contributed by atoms with Gasteiger partial charge in [0.2, 0.25) is 0 Å². The highest BCUT2D eigenvalue weighted by Crippen LogP contribution is 2.29. The molecule has 0 aliphatic rings. The summed E-state index contributed by atoms with van der Waals surface area (Å²) in [5, 5.41) is 3.98. The number of rotatable bonds is 9. The van der Waals surface area contributed by atoms with E-state index < -0.39 is 0 Å². The first-order valence-corrected chi connectivity index (χ1v) is 10.7. The molecule has 0 bridgehead atoms. The molecule has 2 aromatic heterocycles. The van der Waals surface area contributed by atoms with Gasteiger partial charge in [-0.1, -0.05) is 19.9 Å². The van der Waals surface area contributed by atoms with Crippen LogP contribution in [0.5, 0.6) is 11.5 Å². The first-order valence-electron chi connectivity index (χ1n) is 9.89. The van der Waals surface area contributed by atoms with Crippen molar-refractivity contribution >= 4 is 17.2 Å². The number of aromatic nitrogens is 2. The molecule has 0 fully saturated rings. The summed E-state index contributed by atoms with van der Waals surface area (Å²) in [7, 11) is 1.61. The third-order valence-electron chi connectivity index (χ3n) is 4.45. The van der Waals surface area contributed by atoms with Crippen molar-refractivity contribution in [3.05, 3.63) is 69.4 Å². The summed E-state index contributed by atoms with van der Waals surface area (Å²) < 4.78 is 11.3. The van der Waals surface area contributed by atoms with Crippen LogP contribution in [0.25, 0.3) is 0 Å². The molecule has 30 heavy (non-hydrogen) atoms. The number of pyridine rings is 1. The van der Waals surface area contributed by atoms with Crippen LogP contribution in [-0.2, 0) is 19.6 Å². The van der Waals surface area contributed by atoms with Gasteiger partial charge in [0.25, 0.3) is 5.91 Å². The Balaban J connectivity index is 1.61. The lowest BCUT2D eigenvalue weighted by atomic mass is 10.1. The highest BCUT2D eigenvalue weighted by molar-refractivity contribution is 7.13. The Bertz CT molecular complexity index is 987. The molecule has 3 aromatic rings. The Morgan fingerprint density at radius 2 is 1.90 bits per heavy atom. The topological polar surface area (TPSA) is 73.3 Å². The van der Waals surface area contributed by atoms with Crippen LogP contribution in [0, 0.1) is 12.8 Å². The zero-order valence-electron chi connectivity index (χ0n) is 17.8. The van der Waals surface area contributed by atoms with Gasteiger partial charge in [-0.15, -0.1) is 11.3 Å². The van der Waals surface area contributed by atoms with Gasteiger partial charge in [0, 0.05) is 25.4 Å². The summed E-state index contributed by atoms with van der Waals surface area (Å²) in [6.45, 7) is 7.00. The molecular formula is C23H27N3O3S. The van der Waals surface area contributed by atoms with E-state index in [1.807, 2.05) is 37.3 Å². The van der Waals surface area contributed by atoms with E-state index in [1.165, 1.54) is 11.3 Å². The van der Waals surface area contributed by atoms with E-state index in [-0.39, 0.29) is 5.91 Å². The molecule has 0 spiro atoms. The second-order valence-corrected chi connectivity index (χ2v) is 8.52. The van der Waals surface area contributed by atoms with Crippen molar-refractivity contribution < 1.29 is 14.3 Å². The Morgan fingerprint density at radius 1 is 1.13 bits per heavy atom. The third kappa shape index (κ3) is 5.79. The fourth-order valence-electron chi connectivity index (χ4n) is 2.94. The van der Waals surface area contributed by atoms with Gasteiger partial charge >= 0.3 is 0 Å². The number of carbonyl (C=O) groups is 1. The van der Waals surface area contributed by atoms with Crippen molar-refractivity contribution in [3.8, 4) is 11.5 Å². The van der Waals surface area contributed by atoms with Crippen LogP contribution in [0.4, 0.5) is 0 Å². The third-order valence-corrected chi connectivity index (χ3v) is 5.63. The Hall–Kier alpha value is -2.93. The summed E-state index contributed by atoms with van der Waals surface area (Å²) in [4.78, 5) is 21.8. The average Bonchev–Trinajstić information content (AvgIpc) is 3.10. The minimum atomic E-state index is -0.100. The van der Waals surface area contributed by atoms with E-state index in [9.17, 15) is 4.79 Å². The van der Waals surface area contributed by atoms with E-state index in [0.717, 1.165) is 28.2 Å². The molecule has 0 saturated carbocycles. The zero-order valence-corrected chi connectivity index (χ0v) is 18.6. The van der Waals surface area contributed by atoms with Gasteiger partial charge in [0.05, 0.1) is 17.8 Å². The lowest BCUT2D eigenvalue weighted by Crippen LogP contribution is -2.22. The van der Waals surface area contributed by atoms with Gasteiger partial charge in [-0.05, 0) is 48.2 Å². The number of methoxy groups -OCH3 is 1. The molecule has 2 heterocycles. The second-order valence-electron chi connectivity index (χ2n) is 7.43. The summed E-state index contributed by atoms with van der Waals surface area (Å²) in [6, 6.07) is 9.48. The fourth-order valence-corrected chi connectivity index (χ4v) is 4.14. The summed E-state index contributed by atoms with van der Waals surface area (Å²) in [5.41, 5.74) is 2.74. The van der Waals surface area contributed by atoms with Gasteiger partial charge < -0.3 is 14.8 Å². The van der Waals surface area contributed by atoms with Crippen molar-refractivity contribution in [3.63, 3.8) is 0 Å². The number of hydrogen-bond acceptors (Lipinski definition) is 6. The van der Waals surface area contributed by atoms with Crippen LogP contribution in [0.2, 0.25) is 0 Å². The average molecular weight is 426 g/mol. The Kier molecular flexibility index (Phi) is 7.41. The van der Waals surface area contributed by atoms with Crippen LogP contribution >= 0.6 is 11.3 Å². The maximum atomic E-state index is 12.6. The van der Waals surface area contributed by atoms with E-state index in [0.29, 0.717) is 35.4 Å². The first kappa shape index (κ1) is 21.8. The van der Waals surface area contributed by atoms with Crippen LogP contribution < -0.4 is 14.8 Å². The molecule has 0 atom stereocenters. The standard InChI is InChI=1S/C23H27N3O3S/c1-15(2)11-21-26-16(3)22(30-21)23(27)25-13-18-5-6-19(20(12-18)28-4)29-14-17-7-9-24-10-8-17/h5-10,12,15H,11,13-14H2,1-4H3,(H,25,27). The minimum Gasteiger partial charge on any atom is -0.493 e. The quantitative estimate of drug-likeness (QED) is 0.544. The predicted molar refractivity (Wildman–Crippen MR) is 118 cm³/mol. The van der Waals surface area contributed by atoms with E-state index >= 15 is 0 Å². The smallest absolute Gasteiger partial charge is 0.263 e. The number of amides is 1. The summed E-state index contributed by atoms with van der Waals surface area (Å²) in [5.74, 6) is 1.69. The van der Waals surface area contributed by atoms with Crippen molar-refractivity contribution in [2.24, 2.45) is 5.92 Å². The molecule has 0 unspecified atom stereocenters. The molecule has 1 N–H and O–H groups in total. The van der Waals surface area contributed by atoms with Gasteiger partial charge in [-0.25, -0.2) is 4.98 Å². The monoisotopic (exact) mass is 425 g/mol.